The van der Waals surface area contributed by atoms with Crippen molar-refractivity contribution < 1.29 is 4.79 Å². The Morgan fingerprint density at radius 2 is 1.32 bits per heavy atom. The number of amides is 1. The van der Waals surface area contributed by atoms with E-state index in [1.54, 1.807) is 6.20 Å². The molecular formula is C38H43N9OS2. The largest absolute Gasteiger partial charge is 0.397 e. The Morgan fingerprint density at radius 1 is 0.800 bits per heavy atom. The Kier molecular flexibility index (Phi) is 10.8. The number of carbonyl (C=O) groups is 1. The van der Waals surface area contributed by atoms with Gasteiger partial charge in [0.2, 0.25) is 0 Å². The molecule has 0 radical (unpaired) electrons. The number of fused-ring (bicyclic) bond motifs is 1. The van der Waals surface area contributed by atoms with Crippen LogP contribution in [-0.4, -0.2) is 68.2 Å². The van der Waals surface area contributed by atoms with Gasteiger partial charge in [-0.15, -0.1) is 11.3 Å². The molecule has 2 fully saturated rings. The van der Waals surface area contributed by atoms with E-state index in [4.69, 9.17) is 23.7 Å². The van der Waals surface area contributed by atoms with Crippen molar-refractivity contribution in [1.29, 1.82) is 5.26 Å². The van der Waals surface area contributed by atoms with Crippen LogP contribution in [0.15, 0.2) is 73.1 Å². The van der Waals surface area contributed by atoms with Crippen LogP contribution in [-0.2, 0) is 0 Å². The summed E-state index contributed by atoms with van der Waals surface area (Å²) in [6, 6.07) is 23.5. The van der Waals surface area contributed by atoms with E-state index in [0.717, 1.165) is 86.8 Å². The van der Waals surface area contributed by atoms with Crippen molar-refractivity contribution in [1.82, 2.24) is 9.97 Å². The molecule has 50 heavy (non-hydrogen) atoms. The zero-order chi connectivity index (χ0) is 35.2. The first-order chi connectivity index (χ1) is 24.2. The standard InChI is InChI=1S/C20H23N5OS.C18H20N4S/c1-13-3-5-14(6-4-13)24-9-2-10-25(12-11-24)15-7-8-23-20-16(15)17(21)18(27-20)19(22)26;1-14-3-5-15(6-4-14)21-9-2-10-22(12-11-21)17-7-8-20-18(23)16(17)13-19/h3-8H,2,9-12,21H2,1H3,(H2,22,26);3-8H,2,9-12H2,1H3,(H,20,23). The third kappa shape index (κ3) is 7.69. The number of H-pyrrole nitrogens is 1. The maximum Gasteiger partial charge on any atom is 0.260 e. The predicted molar refractivity (Wildman–Crippen MR) is 209 cm³/mol. The fraction of sp³-hybridized carbons (Fsp3) is 0.316. The van der Waals surface area contributed by atoms with Gasteiger partial charge in [-0.05, 0) is 63.1 Å². The van der Waals surface area contributed by atoms with Crippen molar-refractivity contribution in [2.24, 2.45) is 5.73 Å². The lowest BCUT2D eigenvalue weighted by atomic mass is 10.2. The van der Waals surface area contributed by atoms with E-state index in [2.05, 4.69) is 98.0 Å². The van der Waals surface area contributed by atoms with Crippen molar-refractivity contribution in [3.63, 3.8) is 0 Å². The molecule has 5 aromatic rings. The molecule has 5 heterocycles. The maximum atomic E-state index is 11.7. The SMILES string of the molecule is Cc1ccc(N2CCCN(c3cc[nH]c(=S)c3C#N)CC2)cc1.Cc1ccc(N2CCCN(c3ccnc4sc(C(N)=O)c(N)c34)CC2)cc1. The molecule has 0 aliphatic carbocycles. The van der Waals surface area contributed by atoms with Crippen molar-refractivity contribution in [3.8, 4) is 6.07 Å². The minimum Gasteiger partial charge on any atom is -0.397 e. The Labute approximate surface area is 302 Å². The van der Waals surface area contributed by atoms with E-state index in [-0.39, 0.29) is 0 Å². The molecule has 7 rings (SSSR count). The summed E-state index contributed by atoms with van der Waals surface area (Å²) < 4.78 is 0.518. The Hall–Kier alpha value is -5.12. The number of nitrogens with zero attached hydrogens (tertiary/aromatic N) is 6. The van der Waals surface area contributed by atoms with Gasteiger partial charge >= 0.3 is 0 Å². The van der Waals surface area contributed by atoms with Crippen LogP contribution >= 0.6 is 23.6 Å². The van der Waals surface area contributed by atoms with Crippen LogP contribution in [0, 0.1) is 29.8 Å². The quantitative estimate of drug-likeness (QED) is 0.172. The summed E-state index contributed by atoms with van der Waals surface area (Å²) in [7, 11) is 0. The minimum atomic E-state index is -0.497. The van der Waals surface area contributed by atoms with Gasteiger partial charge in [0.1, 0.15) is 26.0 Å². The number of nitrogens with two attached hydrogens (primary N) is 2. The Bertz CT molecular complexity index is 2050. The molecule has 2 saturated heterocycles. The third-order valence-corrected chi connectivity index (χ3v) is 10.8. The number of carbonyl (C=O) groups excluding carboxylic acids is 1. The smallest absolute Gasteiger partial charge is 0.260 e. The lowest BCUT2D eigenvalue weighted by Crippen LogP contribution is -2.31. The van der Waals surface area contributed by atoms with Gasteiger partial charge in [0.15, 0.2) is 0 Å². The average molecular weight is 706 g/mol. The molecule has 5 N–H and O–H groups in total. The summed E-state index contributed by atoms with van der Waals surface area (Å²) in [6.45, 7) is 11.8. The van der Waals surface area contributed by atoms with E-state index in [9.17, 15) is 10.1 Å². The number of benzene rings is 2. The molecule has 2 aliphatic heterocycles. The summed E-state index contributed by atoms with van der Waals surface area (Å²) >= 11 is 6.51. The van der Waals surface area contributed by atoms with Gasteiger partial charge in [0.25, 0.3) is 5.91 Å². The fourth-order valence-electron chi connectivity index (χ4n) is 6.66. The molecule has 0 spiro atoms. The zero-order valence-electron chi connectivity index (χ0n) is 28.6. The van der Waals surface area contributed by atoms with E-state index >= 15 is 0 Å². The summed E-state index contributed by atoms with van der Waals surface area (Å²) in [5.74, 6) is -0.497. The lowest BCUT2D eigenvalue weighted by Gasteiger charge is -2.25. The molecule has 0 bridgehead atoms. The first-order valence-corrected chi connectivity index (χ1v) is 18.2. The van der Waals surface area contributed by atoms with Crippen molar-refractivity contribution >= 4 is 68.1 Å². The number of nitriles is 1. The topological polar surface area (TPSA) is 135 Å². The number of anilines is 5. The fourth-order valence-corrected chi connectivity index (χ4v) is 7.81. The molecule has 0 unspecified atom stereocenters. The number of thiophene rings is 1. The van der Waals surface area contributed by atoms with Gasteiger partial charge in [0.05, 0.1) is 22.4 Å². The van der Waals surface area contributed by atoms with E-state index < -0.39 is 5.91 Å². The number of primary amides is 1. The summed E-state index contributed by atoms with van der Waals surface area (Å²) in [5.41, 5.74) is 19.8. The number of nitrogen functional groups attached to an aromatic ring is 1. The number of nitrogens with one attached hydrogen (secondary N) is 1. The van der Waals surface area contributed by atoms with Crippen LogP contribution in [0.2, 0.25) is 0 Å². The molecular weight excluding hydrogens is 663 g/mol. The molecule has 258 valence electrons. The molecule has 10 nitrogen and oxygen atoms in total. The van der Waals surface area contributed by atoms with Crippen molar-refractivity contribution in [2.75, 3.05) is 77.7 Å². The molecule has 0 atom stereocenters. The molecule has 3 aromatic heterocycles. The molecule has 0 saturated carbocycles. The lowest BCUT2D eigenvalue weighted by molar-refractivity contribution is 0.100. The summed E-state index contributed by atoms with van der Waals surface area (Å²) in [6.07, 6.45) is 5.71. The highest BCUT2D eigenvalue weighted by Crippen LogP contribution is 2.39. The number of aryl methyl sites for hydroxylation is 2. The number of pyridine rings is 2. The number of hydrogen-bond donors (Lipinski definition) is 3. The summed E-state index contributed by atoms with van der Waals surface area (Å²) in [4.78, 5) is 29.6. The monoisotopic (exact) mass is 705 g/mol. The Morgan fingerprint density at radius 3 is 1.86 bits per heavy atom. The normalized spacial score (nSPS) is 15.1. The molecule has 2 aliphatic rings. The van der Waals surface area contributed by atoms with E-state index in [0.29, 0.717) is 20.8 Å². The first kappa shape index (κ1) is 34.7. The van der Waals surface area contributed by atoms with E-state index in [1.807, 2.05) is 18.3 Å². The van der Waals surface area contributed by atoms with Crippen LogP contribution < -0.4 is 31.1 Å². The second kappa shape index (κ2) is 15.6. The van der Waals surface area contributed by atoms with Gasteiger partial charge in [-0.3, -0.25) is 4.79 Å². The van der Waals surface area contributed by atoms with Crippen molar-refractivity contribution in [2.45, 2.75) is 26.7 Å². The maximum absolute atomic E-state index is 11.7. The third-order valence-electron chi connectivity index (χ3n) is 9.35. The van der Waals surface area contributed by atoms with Crippen LogP contribution in [0.4, 0.5) is 28.4 Å². The zero-order valence-corrected chi connectivity index (χ0v) is 30.2. The average Bonchev–Trinajstić information content (AvgIpc) is 3.30. The minimum absolute atomic E-state index is 0.390. The highest BCUT2D eigenvalue weighted by Gasteiger charge is 2.23. The highest BCUT2D eigenvalue weighted by atomic mass is 32.1. The van der Waals surface area contributed by atoms with Crippen LogP contribution in [0.3, 0.4) is 0 Å². The van der Waals surface area contributed by atoms with Gasteiger partial charge in [-0.1, -0.05) is 47.6 Å². The molecule has 12 heteroatoms. The first-order valence-electron chi connectivity index (χ1n) is 16.9. The number of aromatic amines is 1. The van der Waals surface area contributed by atoms with Gasteiger partial charge in [-0.25, -0.2) is 4.98 Å². The number of hydrogen-bond acceptors (Lipinski definition) is 10. The van der Waals surface area contributed by atoms with Crippen LogP contribution in [0.25, 0.3) is 10.2 Å². The highest BCUT2D eigenvalue weighted by molar-refractivity contribution is 7.71. The second-order valence-corrected chi connectivity index (χ2v) is 14.1. The molecule has 1 amide bonds. The van der Waals surface area contributed by atoms with E-state index in [1.165, 1.54) is 33.8 Å². The van der Waals surface area contributed by atoms with Crippen LogP contribution in [0.5, 0.6) is 0 Å². The van der Waals surface area contributed by atoms with Gasteiger partial charge < -0.3 is 36.1 Å². The second-order valence-electron chi connectivity index (χ2n) is 12.7. The van der Waals surface area contributed by atoms with Gasteiger partial charge in [0, 0.05) is 76.1 Å². The predicted octanol–water partition coefficient (Wildman–Crippen LogP) is 6.64. The number of aromatic nitrogens is 2. The molecule has 2 aromatic carbocycles. The Balaban J connectivity index is 0.000000175. The van der Waals surface area contributed by atoms with Crippen LogP contribution in [0.1, 0.15) is 39.2 Å². The number of rotatable bonds is 5. The van der Waals surface area contributed by atoms with Crippen molar-refractivity contribution in [3.05, 3.63) is 99.3 Å². The van der Waals surface area contributed by atoms with Gasteiger partial charge in [-0.2, -0.15) is 5.26 Å². The summed E-state index contributed by atoms with van der Waals surface area (Å²) in [5, 5.41) is 10.2.